The lowest BCUT2D eigenvalue weighted by Gasteiger charge is -2.10. The number of fused-ring (bicyclic) bond motifs is 1. The lowest BCUT2D eigenvalue weighted by atomic mass is 10.2. The van der Waals surface area contributed by atoms with Gasteiger partial charge < -0.3 is 14.6 Å². The largest absolute Gasteiger partial charge is 0.494 e. The summed E-state index contributed by atoms with van der Waals surface area (Å²) in [6, 6.07) is 18.3. The molecule has 0 saturated carbocycles. The van der Waals surface area contributed by atoms with Gasteiger partial charge in [0.15, 0.2) is 0 Å². The average molecular weight is 420 g/mol. The summed E-state index contributed by atoms with van der Waals surface area (Å²) in [6.07, 6.45) is 6.09. The molecule has 0 unspecified atom stereocenters. The third-order valence-electron chi connectivity index (χ3n) is 5.27. The number of aryl methyl sites for hydroxylation is 2. The summed E-state index contributed by atoms with van der Waals surface area (Å²) in [6.45, 7) is 7.76. The predicted octanol–water partition coefficient (Wildman–Crippen LogP) is 5.30. The Kier molecular flexibility index (Phi) is 8.71. The van der Waals surface area contributed by atoms with E-state index in [1.165, 1.54) is 5.52 Å². The van der Waals surface area contributed by atoms with Crippen molar-refractivity contribution in [3.63, 3.8) is 0 Å². The van der Waals surface area contributed by atoms with Crippen LogP contribution in [0, 0.1) is 0 Å². The number of benzene rings is 2. The van der Waals surface area contributed by atoms with Crippen molar-refractivity contribution in [2.24, 2.45) is 0 Å². The number of unbranched alkanes of at least 4 members (excludes halogenated alkanes) is 3. The first-order valence-corrected chi connectivity index (χ1v) is 11.2. The van der Waals surface area contributed by atoms with Gasteiger partial charge in [-0.05, 0) is 56.9 Å². The van der Waals surface area contributed by atoms with Crippen LogP contribution in [0.15, 0.2) is 66.7 Å². The number of hydrogen-bond donors (Lipinski definition) is 1. The predicted molar refractivity (Wildman–Crippen MR) is 126 cm³/mol. The Morgan fingerprint density at radius 2 is 1.77 bits per heavy atom. The third-order valence-corrected chi connectivity index (χ3v) is 5.27. The van der Waals surface area contributed by atoms with Crippen molar-refractivity contribution in [3.8, 4) is 5.75 Å². The zero-order valence-electron chi connectivity index (χ0n) is 18.5. The van der Waals surface area contributed by atoms with E-state index in [0.717, 1.165) is 68.8 Å². The molecule has 0 aliphatic rings. The first-order chi connectivity index (χ1) is 15.1. The second-order valence-electron chi connectivity index (χ2n) is 7.88. The van der Waals surface area contributed by atoms with Crippen LogP contribution in [0.1, 0.15) is 44.9 Å². The molecule has 0 saturated heterocycles. The maximum atomic E-state index is 11.5. The van der Waals surface area contributed by atoms with E-state index in [-0.39, 0.29) is 5.91 Å². The minimum atomic E-state index is -0.0574. The van der Waals surface area contributed by atoms with E-state index in [0.29, 0.717) is 12.1 Å². The second-order valence-corrected chi connectivity index (χ2v) is 7.88. The molecule has 1 amide bonds. The Labute approximate surface area is 185 Å². The van der Waals surface area contributed by atoms with Gasteiger partial charge >= 0.3 is 0 Å². The number of imidazole rings is 1. The van der Waals surface area contributed by atoms with Crippen LogP contribution < -0.4 is 10.1 Å². The van der Waals surface area contributed by atoms with Gasteiger partial charge in [-0.2, -0.15) is 0 Å². The monoisotopic (exact) mass is 419 g/mol. The maximum absolute atomic E-state index is 11.5. The molecular weight excluding hydrogens is 386 g/mol. The smallest absolute Gasteiger partial charge is 0.246 e. The molecular formula is C26H33N3O2. The van der Waals surface area contributed by atoms with Gasteiger partial charge in [0, 0.05) is 25.1 Å². The molecule has 1 N–H and O–H groups in total. The molecule has 0 radical (unpaired) electrons. The van der Waals surface area contributed by atoms with Crippen LogP contribution in [0.4, 0.5) is 0 Å². The normalized spacial score (nSPS) is 10.9. The SMILES string of the molecule is C=C(C)C(=O)NCCCCCc1nc2ccccc2n1CCCCOc1ccccc1. The van der Waals surface area contributed by atoms with E-state index < -0.39 is 0 Å². The Morgan fingerprint density at radius 1 is 1.00 bits per heavy atom. The summed E-state index contributed by atoms with van der Waals surface area (Å²) >= 11 is 0. The third kappa shape index (κ3) is 6.99. The van der Waals surface area contributed by atoms with Gasteiger partial charge in [-0.25, -0.2) is 4.98 Å². The molecule has 0 spiro atoms. The molecule has 5 heteroatoms. The summed E-state index contributed by atoms with van der Waals surface area (Å²) in [5.74, 6) is 2.02. The number of aromatic nitrogens is 2. The van der Waals surface area contributed by atoms with Gasteiger partial charge in [0.25, 0.3) is 0 Å². The number of para-hydroxylation sites is 3. The number of hydrogen-bond acceptors (Lipinski definition) is 3. The van der Waals surface area contributed by atoms with Crippen LogP contribution >= 0.6 is 0 Å². The van der Waals surface area contributed by atoms with Crippen LogP contribution in [0.5, 0.6) is 5.75 Å². The first-order valence-electron chi connectivity index (χ1n) is 11.2. The highest BCUT2D eigenvalue weighted by atomic mass is 16.5. The quantitative estimate of drug-likeness (QED) is 0.302. The van der Waals surface area contributed by atoms with E-state index in [2.05, 4.69) is 34.7 Å². The molecule has 1 aromatic heterocycles. The lowest BCUT2D eigenvalue weighted by Crippen LogP contribution is -2.24. The van der Waals surface area contributed by atoms with Crippen molar-refractivity contribution in [2.75, 3.05) is 13.2 Å². The number of amides is 1. The molecule has 31 heavy (non-hydrogen) atoms. The molecule has 1 heterocycles. The van der Waals surface area contributed by atoms with E-state index in [1.54, 1.807) is 6.92 Å². The Morgan fingerprint density at radius 3 is 2.58 bits per heavy atom. The van der Waals surface area contributed by atoms with Crippen molar-refractivity contribution < 1.29 is 9.53 Å². The van der Waals surface area contributed by atoms with E-state index in [4.69, 9.17) is 9.72 Å². The minimum absolute atomic E-state index is 0.0574. The zero-order chi connectivity index (χ0) is 21.9. The maximum Gasteiger partial charge on any atom is 0.246 e. The Hall–Kier alpha value is -3.08. The Bertz CT molecular complexity index is 979. The lowest BCUT2D eigenvalue weighted by molar-refractivity contribution is -0.117. The van der Waals surface area contributed by atoms with Crippen LogP contribution in [-0.4, -0.2) is 28.6 Å². The highest BCUT2D eigenvalue weighted by Crippen LogP contribution is 2.19. The van der Waals surface area contributed by atoms with Gasteiger partial charge in [-0.15, -0.1) is 0 Å². The van der Waals surface area contributed by atoms with E-state index in [9.17, 15) is 4.79 Å². The Balaban J connectivity index is 1.46. The molecule has 0 aliphatic carbocycles. The fraction of sp³-hybridized carbons (Fsp3) is 0.385. The standard InChI is InChI=1S/C26H33N3O2/c1-21(2)26(30)27-18-10-4-7-17-25-28-23-15-8-9-16-24(23)29(25)19-11-12-20-31-22-13-5-3-6-14-22/h3,5-6,8-9,13-16H,1,4,7,10-12,17-20H2,2H3,(H,27,30). The van der Waals surface area contributed by atoms with Crippen LogP contribution in [0.25, 0.3) is 11.0 Å². The highest BCUT2D eigenvalue weighted by Gasteiger charge is 2.10. The van der Waals surface area contributed by atoms with Crippen molar-refractivity contribution in [1.82, 2.24) is 14.9 Å². The molecule has 2 aromatic carbocycles. The van der Waals surface area contributed by atoms with Gasteiger partial charge in [0.1, 0.15) is 11.6 Å². The zero-order valence-corrected chi connectivity index (χ0v) is 18.5. The molecule has 3 rings (SSSR count). The first kappa shape index (κ1) is 22.6. The van der Waals surface area contributed by atoms with Crippen molar-refractivity contribution in [1.29, 1.82) is 0 Å². The highest BCUT2D eigenvalue weighted by molar-refractivity contribution is 5.92. The molecule has 164 valence electrons. The van der Waals surface area contributed by atoms with Crippen LogP contribution in [0.2, 0.25) is 0 Å². The van der Waals surface area contributed by atoms with Gasteiger partial charge in [-0.3, -0.25) is 4.79 Å². The number of ether oxygens (including phenoxy) is 1. The van der Waals surface area contributed by atoms with Crippen molar-refractivity contribution >= 4 is 16.9 Å². The summed E-state index contributed by atoms with van der Waals surface area (Å²) in [5, 5.41) is 2.89. The average Bonchev–Trinajstić information content (AvgIpc) is 3.13. The molecule has 0 bridgehead atoms. The summed E-state index contributed by atoms with van der Waals surface area (Å²) < 4.78 is 8.18. The van der Waals surface area contributed by atoms with E-state index in [1.807, 2.05) is 36.4 Å². The van der Waals surface area contributed by atoms with Crippen LogP contribution in [-0.2, 0) is 17.8 Å². The summed E-state index contributed by atoms with van der Waals surface area (Å²) in [5.41, 5.74) is 2.82. The van der Waals surface area contributed by atoms with E-state index >= 15 is 0 Å². The number of carbonyl (C=O) groups is 1. The number of nitrogens with zero attached hydrogens (tertiary/aromatic N) is 2. The summed E-state index contributed by atoms with van der Waals surface area (Å²) in [4.78, 5) is 16.4. The van der Waals surface area contributed by atoms with Gasteiger partial charge in [0.2, 0.25) is 5.91 Å². The molecule has 0 atom stereocenters. The second kappa shape index (κ2) is 11.9. The fourth-order valence-corrected chi connectivity index (χ4v) is 3.58. The van der Waals surface area contributed by atoms with Gasteiger partial charge in [-0.1, -0.05) is 43.3 Å². The topological polar surface area (TPSA) is 56.2 Å². The molecule has 0 aliphatic heterocycles. The molecule has 3 aromatic rings. The minimum Gasteiger partial charge on any atom is -0.494 e. The van der Waals surface area contributed by atoms with Crippen molar-refractivity contribution in [3.05, 3.63) is 72.6 Å². The number of carbonyl (C=O) groups excluding carboxylic acids is 1. The van der Waals surface area contributed by atoms with Crippen LogP contribution in [0.3, 0.4) is 0 Å². The molecule has 0 fully saturated rings. The number of nitrogens with one attached hydrogen (secondary N) is 1. The number of rotatable bonds is 13. The van der Waals surface area contributed by atoms with Crippen molar-refractivity contribution in [2.45, 2.75) is 52.0 Å². The summed E-state index contributed by atoms with van der Waals surface area (Å²) in [7, 11) is 0. The fourth-order valence-electron chi connectivity index (χ4n) is 3.58. The molecule has 5 nitrogen and oxygen atoms in total. The van der Waals surface area contributed by atoms with Gasteiger partial charge in [0.05, 0.1) is 17.6 Å².